The monoisotopic (exact) mass is 1030 g/mol. The second kappa shape index (κ2) is 17.9. The van der Waals surface area contributed by atoms with Gasteiger partial charge in [-0.2, -0.15) is 4.39 Å². The van der Waals surface area contributed by atoms with E-state index in [4.69, 9.17) is 9.40 Å². The molecule has 0 fully saturated rings. The first kappa shape index (κ1) is 42.2. The molecule has 4 heterocycles. The van der Waals surface area contributed by atoms with Gasteiger partial charge in [0.15, 0.2) is 0 Å². The quantitative estimate of drug-likeness (QED) is 0.0907. The molecule has 0 aliphatic heterocycles. The average molecular weight is 1030 g/mol. The van der Waals surface area contributed by atoms with Crippen molar-refractivity contribution in [3.8, 4) is 61.7 Å². The molecular formula is C56H41FIrN4OSi-2. The molecule has 0 unspecified atom stereocenters. The predicted octanol–water partition coefficient (Wildman–Crippen LogP) is 14.0. The molecule has 11 aromatic rings. The maximum Gasteiger partial charge on any atom is 0.216 e. The van der Waals surface area contributed by atoms with E-state index in [0.29, 0.717) is 22.6 Å². The van der Waals surface area contributed by atoms with Crippen molar-refractivity contribution >= 4 is 46.2 Å². The number of hydrogen-bond donors (Lipinski definition) is 0. The van der Waals surface area contributed by atoms with Gasteiger partial charge in [-0.05, 0) is 57.2 Å². The molecule has 8 heteroatoms. The Hall–Kier alpha value is -7.09. The van der Waals surface area contributed by atoms with Crippen molar-refractivity contribution in [1.82, 2.24) is 19.5 Å². The second-order valence-electron chi connectivity index (χ2n) is 16.4. The third-order valence-corrected chi connectivity index (χ3v) is 13.3. The Labute approximate surface area is 386 Å². The van der Waals surface area contributed by atoms with Gasteiger partial charge >= 0.3 is 0 Å². The summed E-state index contributed by atoms with van der Waals surface area (Å²) in [6.45, 7) is 7.00. The van der Waals surface area contributed by atoms with Gasteiger partial charge in [-0.3, -0.25) is 4.98 Å². The molecule has 0 N–H and O–H groups in total. The first-order chi connectivity index (χ1) is 30.8. The van der Waals surface area contributed by atoms with E-state index in [0.717, 1.165) is 72.1 Å². The average Bonchev–Trinajstić information content (AvgIpc) is 3.91. The molecule has 1 radical (unpaired) electrons. The molecule has 0 aliphatic rings. The standard InChI is InChI=1S/C42H25FN3O.C14H16NSi.Ir/c43-39-25-38-34(26-44-39)40-31(28-14-6-2-7-15-28)21-22-32(41(40)47-38)42-45-35-18-10-11-19-37(35)46(42)36-23-20-30(27-12-4-1-5-13-27)24-33(36)29-16-8-3-9-17-29;1-16(2,3)13-9-10-14(15-11-13)12-7-5-4-6-8-12;/h1-21,23-26H;4-7,9-11H,1-3H3;/q2*-1;. The van der Waals surface area contributed by atoms with Crippen LogP contribution in [0, 0.1) is 18.1 Å². The van der Waals surface area contributed by atoms with E-state index in [1.54, 1.807) is 6.20 Å². The van der Waals surface area contributed by atoms with Gasteiger partial charge < -0.3 is 14.0 Å². The Morgan fingerprint density at radius 2 is 1.28 bits per heavy atom. The topological polar surface area (TPSA) is 56.7 Å². The van der Waals surface area contributed by atoms with Crippen LogP contribution in [0.5, 0.6) is 0 Å². The van der Waals surface area contributed by atoms with Crippen molar-refractivity contribution < 1.29 is 28.9 Å². The Morgan fingerprint density at radius 1 is 0.609 bits per heavy atom. The fraction of sp³-hybridized carbons (Fsp3) is 0.0536. The fourth-order valence-corrected chi connectivity index (χ4v) is 9.12. The molecule has 313 valence electrons. The third-order valence-electron chi connectivity index (χ3n) is 11.3. The summed E-state index contributed by atoms with van der Waals surface area (Å²) < 4.78 is 23.1. The van der Waals surface area contributed by atoms with Crippen LogP contribution in [0.15, 0.2) is 199 Å². The van der Waals surface area contributed by atoms with Crippen LogP contribution in [0.4, 0.5) is 4.39 Å². The van der Waals surface area contributed by atoms with Crippen LogP contribution in [0.25, 0.3) is 94.7 Å². The summed E-state index contributed by atoms with van der Waals surface area (Å²) in [5.41, 5.74) is 12.8. The molecule has 5 nitrogen and oxygen atoms in total. The molecule has 0 aliphatic carbocycles. The molecule has 0 atom stereocenters. The minimum Gasteiger partial charge on any atom is -0.500 e. The predicted molar refractivity (Wildman–Crippen MR) is 258 cm³/mol. The van der Waals surface area contributed by atoms with Crippen LogP contribution < -0.4 is 5.19 Å². The molecule has 11 rings (SSSR count). The second-order valence-corrected chi connectivity index (χ2v) is 21.5. The van der Waals surface area contributed by atoms with E-state index in [1.165, 1.54) is 11.3 Å². The van der Waals surface area contributed by atoms with Crippen LogP contribution in [0.2, 0.25) is 19.6 Å². The molecule has 0 amide bonds. The number of rotatable bonds is 7. The number of furan rings is 1. The fourth-order valence-electron chi connectivity index (χ4n) is 8.08. The molecule has 0 spiro atoms. The molecule has 7 aromatic carbocycles. The number of benzene rings is 7. The van der Waals surface area contributed by atoms with E-state index < -0.39 is 14.0 Å². The number of aromatic nitrogens is 4. The zero-order valence-corrected chi connectivity index (χ0v) is 38.8. The Balaban J connectivity index is 0.000000258. The number of imidazole rings is 1. The smallest absolute Gasteiger partial charge is 0.216 e. The number of para-hydroxylation sites is 2. The normalized spacial score (nSPS) is 11.3. The number of hydrogen-bond acceptors (Lipinski definition) is 4. The van der Waals surface area contributed by atoms with E-state index >= 15 is 0 Å². The zero-order valence-electron chi connectivity index (χ0n) is 35.4. The summed E-state index contributed by atoms with van der Waals surface area (Å²) in [5.74, 6) is 0.0783. The number of nitrogens with zero attached hydrogens (tertiary/aromatic N) is 4. The summed E-state index contributed by atoms with van der Waals surface area (Å²) >= 11 is 0. The molecule has 0 bridgehead atoms. The SMILES string of the molecule is C[Si](C)(C)c1ccc(-c2[c-]cccc2)nc1.Fc1cc2oc3c(-c4nc5ccccc5n4-c4ccc(-c5ccccc5)cc4-c4ccccc4)[c-]cc(-c4ccccc4)c3c2cn1.[Ir]. The van der Waals surface area contributed by atoms with Gasteiger partial charge in [0.25, 0.3) is 0 Å². The van der Waals surface area contributed by atoms with Crippen LogP contribution in [-0.2, 0) is 20.1 Å². The summed E-state index contributed by atoms with van der Waals surface area (Å²) in [6, 6.07) is 67.9. The van der Waals surface area contributed by atoms with Crippen LogP contribution in [0.1, 0.15) is 0 Å². The van der Waals surface area contributed by atoms with E-state index in [2.05, 4.69) is 131 Å². The van der Waals surface area contributed by atoms with Crippen molar-refractivity contribution in [3.05, 3.63) is 212 Å². The summed E-state index contributed by atoms with van der Waals surface area (Å²) in [4.78, 5) is 13.7. The largest absolute Gasteiger partial charge is 0.500 e. The summed E-state index contributed by atoms with van der Waals surface area (Å²) in [5, 5.41) is 2.97. The van der Waals surface area contributed by atoms with Gasteiger partial charge in [0.2, 0.25) is 5.95 Å². The van der Waals surface area contributed by atoms with Crippen molar-refractivity contribution in [2.75, 3.05) is 0 Å². The van der Waals surface area contributed by atoms with E-state index in [9.17, 15) is 4.39 Å². The Bertz CT molecular complexity index is 3370. The number of halogens is 1. The maximum atomic E-state index is 14.4. The van der Waals surface area contributed by atoms with E-state index in [-0.39, 0.29) is 20.1 Å². The molecular weight excluding hydrogens is 984 g/mol. The molecule has 4 aromatic heterocycles. The third kappa shape index (κ3) is 8.27. The van der Waals surface area contributed by atoms with Gasteiger partial charge in [-0.1, -0.05) is 158 Å². The van der Waals surface area contributed by atoms with E-state index in [1.807, 2.05) is 97.2 Å². The summed E-state index contributed by atoms with van der Waals surface area (Å²) in [6.07, 6.45) is 3.56. The molecule has 0 saturated heterocycles. The number of fused-ring (bicyclic) bond motifs is 4. The molecule has 0 saturated carbocycles. The van der Waals surface area contributed by atoms with Gasteiger partial charge in [0, 0.05) is 55.2 Å². The Kier molecular flexibility index (Phi) is 11.8. The van der Waals surface area contributed by atoms with Crippen molar-refractivity contribution in [3.63, 3.8) is 0 Å². The van der Waals surface area contributed by atoms with Gasteiger partial charge in [0.05, 0.1) is 30.5 Å². The van der Waals surface area contributed by atoms with Gasteiger partial charge in [0.1, 0.15) is 5.58 Å². The van der Waals surface area contributed by atoms with Crippen molar-refractivity contribution in [2.45, 2.75) is 19.6 Å². The first-order valence-electron chi connectivity index (χ1n) is 20.9. The van der Waals surface area contributed by atoms with Crippen molar-refractivity contribution in [2.24, 2.45) is 0 Å². The van der Waals surface area contributed by atoms with Crippen LogP contribution >= 0.6 is 0 Å². The Morgan fingerprint density at radius 3 is 1.95 bits per heavy atom. The minimum absolute atomic E-state index is 0. The van der Waals surface area contributed by atoms with Gasteiger partial charge in [-0.15, -0.1) is 48.0 Å². The van der Waals surface area contributed by atoms with Crippen LogP contribution in [-0.4, -0.2) is 27.6 Å². The first-order valence-corrected chi connectivity index (χ1v) is 24.4. The zero-order chi connectivity index (χ0) is 42.9. The minimum atomic E-state index is -1.23. The molecule has 64 heavy (non-hydrogen) atoms. The van der Waals surface area contributed by atoms with Crippen molar-refractivity contribution in [1.29, 1.82) is 0 Å². The van der Waals surface area contributed by atoms with Crippen LogP contribution in [0.3, 0.4) is 0 Å². The maximum absolute atomic E-state index is 14.4. The number of pyridine rings is 2. The summed E-state index contributed by atoms with van der Waals surface area (Å²) in [7, 11) is -1.23. The van der Waals surface area contributed by atoms with Gasteiger partial charge in [-0.25, -0.2) is 4.98 Å².